The van der Waals surface area contributed by atoms with Crippen molar-refractivity contribution in [2.24, 2.45) is 0 Å². The molecule has 1 aliphatic rings. The molecule has 0 saturated heterocycles. The lowest BCUT2D eigenvalue weighted by molar-refractivity contribution is -0.131. The lowest BCUT2D eigenvalue weighted by Gasteiger charge is -2.26. The molecule has 1 atom stereocenters. The van der Waals surface area contributed by atoms with Gasteiger partial charge in [-0.1, -0.05) is 0 Å². The van der Waals surface area contributed by atoms with Crippen molar-refractivity contribution in [3.63, 3.8) is 0 Å². The third kappa shape index (κ3) is 3.45. The molecule has 0 spiro atoms. The molecule has 25 heavy (non-hydrogen) atoms. The van der Waals surface area contributed by atoms with Crippen molar-refractivity contribution in [3.05, 3.63) is 53.1 Å². The molecule has 1 aliphatic heterocycles. The molecule has 0 aliphatic carbocycles. The minimum Gasteiger partial charge on any atom is -0.493 e. The minimum absolute atomic E-state index is 0.122. The summed E-state index contributed by atoms with van der Waals surface area (Å²) in [5.41, 5.74) is 2.97. The van der Waals surface area contributed by atoms with Gasteiger partial charge in [-0.25, -0.2) is 0 Å². The van der Waals surface area contributed by atoms with Gasteiger partial charge in [0.2, 0.25) is 0 Å². The highest BCUT2D eigenvalue weighted by Crippen LogP contribution is 2.41. The van der Waals surface area contributed by atoms with E-state index < -0.39 is 0 Å². The van der Waals surface area contributed by atoms with Crippen LogP contribution in [0.15, 0.2) is 36.4 Å². The molecule has 3 rings (SSSR count). The molecule has 0 N–H and O–H groups in total. The maximum absolute atomic E-state index is 11.0. The Labute approximate surface area is 146 Å². The molecule has 130 valence electrons. The van der Waals surface area contributed by atoms with Crippen LogP contribution in [0.3, 0.4) is 0 Å². The Kier molecular flexibility index (Phi) is 4.65. The first-order valence-corrected chi connectivity index (χ1v) is 7.95. The molecule has 0 amide bonds. The van der Waals surface area contributed by atoms with Crippen LogP contribution in [0.2, 0.25) is 0 Å². The number of hydrogen-bond acceptors (Lipinski definition) is 5. The SMILES string of the molecule is COc1cc2c(cc1OC)C(C)OC(c1ccc(OC(C)=O)cc1)=C2. The maximum Gasteiger partial charge on any atom is 0.308 e. The van der Waals surface area contributed by atoms with Crippen LogP contribution >= 0.6 is 0 Å². The Hall–Kier alpha value is -2.95. The number of methoxy groups -OCH3 is 2. The van der Waals surface area contributed by atoms with Crippen LogP contribution in [0.4, 0.5) is 0 Å². The van der Waals surface area contributed by atoms with Crippen LogP contribution in [0, 0.1) is 0 Å². The zero-order valence-corrected chi connectivity index (χ0v) is 14.7. The van der Waals surface area contributed by atoms with Crippen molar-refractivity contribution in [1.82, 2.24) is 0 Å². The van der Waals surface area contributed by atoms with Crippen molar-refractivity contribution < 1.29 is 23.7 Å². The third-order valence-electron chi connectivity index (χ3n) is 4.02. The van der Waals surface area contributed by atoms with E-state index in [0.29, 0.717) is 17.2 Å². The molecule has 1 heterocycles. The molecule has 2 aromatic rings. The minimum atomic E-state index is -0.343. The number of hydrogen-bond donors (Lipinski definition) is 0. The summed E-state index contributed by atoms with van der Waals surface area (Å²) in [4.78, 5) is 11.0. The number of carbonyl (C=O) groups is 1. The normalized spacial score (nSPS) is 15.5. The van der Waals surface area contributed by atoms with E-state index in [9.17, 15) is 4.79 Å². The topological polar surface area (TPSA) is 54.0 Å². The highest BCUT2D eigenvalue weighted by atomic mass is 16.5. The average Bonchev–Trinajstić information content (AvgIpc) is 2.60. The van der Waals surface area contributed by atoms with Crippen molar-refractivity contribution in [3.8, 4) is 17.2 Å². The highest BCUT2D eigenvalue weighted by molar-refractivity contribution is 5.81. The largest absolute Gasteiger partial charge is 0.493 e. The van der Waals surface area contributed by atoms with Crippen molar-refractivity contribution in [2.75, 3.05) is 14.2 Å². The summed E-state index contributed by atoms with van der Waals surface area (Å²) in [5.74, 6) is 2.27. The van der Waals surface area contributed by atoms with E-state index in [4.69, 9.17) is 18.9 Å². The van der Waals surface area contributed by atoms with Crippen LogP contribution in [0.1, 0.15) is 36.6 Å². The summed E-state index contributed by atoms with van der Waals surface area (Å²) in [5, 5.41) is 0. The molecular weight excluding hydrogens is 320 g/mol. The molecule has 0 radical (unpaired) electrons. The van der Waals surface area contributed by atoms with Crippen LogP contribution in [-0.4, -0.2) is 20.2 Å². The zero-order chi connectivity index (χ0) is 18.0. The first-order valence-electron chi connectivity index (χ1n) is 7.95. The molecule has 2 aromatic carbocycles. The van der Waals surface area contributed by atoms with Gasteiger partial charge in [0.15, 0.2) is 11.5 Å². The Balaban J connectivity index is 1.97. The molecule has 0 aromatic heterocycles. The summed E-state index contributed by atoms with van der Waals surface area (Å²) >= 11 is 0. The van der Waals surface area contributed by atoms with Gasteiger partial charge in [0.05, 0.1) is 14.2 Å². The predicted octanol–water partition coefficient (Wildman–Crippen LogP) is 4.22. The van der Waals surface area contributed by atoms with Crippen LogP contribution in [-0.2, 0) is 9.53 Å². The van der Waals surface area contributed by atoms with Crippen LogP contribution < -0.4 is 14.2 Å². The summed E-state index contributed by atoms with van der Waals surface area (Å²) < 4.78 is 21.9. The zero-order valence-electron chi connectivity index (χ0n) is 14.7. The number of ether oxygens (including phenoxy) is 4. The fourth-order valence-corrected chi connectivity index (χ4v) is 2.82. The van der Waals surface area contributed by atoms with Gasteiger partial charge >= 0.3 is 5.97 Å². The number of rotatable bonds is 4. The van der Waals surface area contributed by atoms with Crippen LogP contribution in [0.25, 0.3) is 11.8 Å². The van der Waals surface area contributed by atoms with Gasteiger partial charge < -0.3 is 18.9 Å². The Morgan fingerprint density at radius 2 is 1.68 bits per heavy atom. The van der Waals surface area contributed by atoms with Crippen molar-refractivity contribution in [1.29, 1.82) is 0 Å². The number of carbonyl (C=O) groups excluding carboxylic acids is 1. The number of fused-ring (bicyclic) bond motifs is 1. The average molecular weight is 340 g/mol. The second kappa shape index (κ2) is 6.89. The molecule has 0 fully saturated rings. The van der Waals surface area contributed by atoms with E-state index in [1.165, 1.54) is 6.92 Å². The van der Waals surface area contributed by atoms with Crippen molar-refractivity contribution >= 4 is 17.8 Å². The number of esters is 1. The second-order valence-corrected chi connectivity index (χ2v) is 5.72. The Morgan fingerprint density at radius 3 is 2.28 bits per heavy atom. The van der Waals surface area contributed by atoms with Gasteiger partial charge in [-0.3, -0.25) is 4.79 Å². The van der Waals surface area contributed by atoms with Gasteiger partial charge in [-0.15, -0.1) is 0 Å². The van der Waals surface area contributed by atoms with Gasteiger partial charge in [0.1, 0.15) is 17.6 Å². The predicted molar refractivity (Wildman–Crippen MR) is 94.7 cm³/mol. The lowest BCUT2D eigenvalue weighted by atomic mass is 9.97. The first kappa shape index (κ1) is 16.9. The molecular formula is C20H20O5. The molecule has 0 saturated carbocycles. The Morgan fingerprint density at radius 1 is 1.04 bits per heavy atom. The van der Waals surface area contributed by atoms with E-state index in [-0.39, 0.29) is 12.1 Å². The second-order valence-electron chi connectivity index (χ2n) is 5.72. The third-order valence-corrected chi connectivity index (χ3v) is 4.02. The molecule has 1 unspecified atom stereocenters. The van der Waals surface area contributed by atoms with E-state index in [1.54, 1.807) is 26.4 Å². The fourth-order valence-electron chi connectivity index (χ4n) is 2.82. The van der Waals surface area contributed by atoms with E-state index >= 15 is 0 Å². The summed E-state index contributed by atoms with van der Waals surface area (Å²) in [6, 6.07) is 11.1. The molecule has 0 bridgehead atoms. The number of benzene rings is 2. The van der Waals surface area contributed by atoms with Gasteiger partial charge in [-0.2, -0.15) is 0 Å². The maximum atomic E-state index is 11.0. The highest BCUT2D eigenvalue weighted by Gasteiger charge is 2.22. The van der Waals surface area contributed by atoms with Gasteiger partial charge in [-0.05, 0) is 55.0 Å². The monoisotopic (exact) mass is 340 g/mol. The quantitative estimate of drug-likeness (QED) is 0.616. The Bertz CT molecular complexity index is 821. The van der Waals surface area contributed by atoms with Crippen molar-refractivity contribution in [2.45, 2.75) is 20.0 Å². The summed E-state index contributed by atoms with van der Waals surface area (Å²) in [6.07, 6.45) is 1.85. The lowest BCUT2D eigenvalue weighted by Crippen LogP contribution is -2.08. The molecule has 5 heteroatoms. The fraction of sp³-hybridized carbons (Fsp3) is 0.250. The summed E-state index contributed by atoms with van der Waals surface area (Å²) in [7, 11) is 3.23. The van der Waals surface area contributed by atoms with E-state index in [0.717, 1.165) is 22.4 Å². The van der Waals surface area contributed by atoms with Crippen LogP contribution in [0.5, 0.6) is 17.2 Å². The van der Waals surface area contributed by atoms with Gasteiger partial charge in [0.25, 0.3) is 0 Å². The standard InChI is InChI=1S/C20H20O5/c1-12-17-11-20(23-4)19(22-3)10-15(17)9-18(24-12)14-5-7-16(8-6-14)25-13(2)21/h5-12H,1-4H3. The van der Waals surface area contributed by atoms with Gasteiger partial charge in [0, 0.05) is 18.1 Å². The van der Waals surface area contributed by atoms with E-state index in [2.05, 4.69) is 0 Å². The molecule has 5 nitrogen and oxygen atoms in total. The smallest absolute Gasteiger partial charge is 0.308 e. The van der Waals surface area contributed by atoms with E-state index in [1.807, 2.05) is 37.3 Å². The first-order chi connectivity index (χ1) is 12.0. The summed E-state index contributed by atoms with van der Waals surface area (Å²) in [6.45, 7) is 3.37.